The van der Waals surface area contributed by atoms with Gasteiger partial charge in [0, 0.05) is 29.7 Å². The Bertz CT molecular complexity index is 1080. The molecule has 3 aromatic heterocycles. The van der Waals surface area contributed by atoms with Gasteiger partial charge in [-0.2, -0.15) is 10.1 Å². The summed E-state index contributed by atoms with van der Waals surface area (Å²) in [5, 5.41) is 15.9. The second-order valence-corrected chi connectivity index (χ2v) is 6.77. The molecule has 0 unspecified atom stereocenters. The highest BCUT2D eigenvalue weighted by molar-refractivity contribution is 6.30. The molecule has 2 N–H and O–H groups in total. The molecular formula is C17H15ClN8O. The summed E-state index contributed by atoms with van der Waals surface area (Å²) in [6.45, 7) is 1.56. The van der Waals surface area contributed by atoms with Crippen LogP contribution in [0.1, 0.15) is 6.42 Å². The molecule has 5 rings (SSSR count). The molecule has 1 atom stereocenters. The number of benzene rings is 1. The lowest BCUT2D eigenvalue weighted by molar-refractivity contribution is 0.419. The summed E-state index contributed by atoms with van der Waals surface area (Å²) in [5.41, 5.74) is 1.58. The molecule has 1 fully saturated rings. The van der Waals surface area contributed by atoms with Crippen molar-refractivity contribution >= 4 is 34.5 Å². The summed E-state index contributed by atoms with van der Waals surface area (Å²) in [7, 11) is 0. The maximum absolute atomic E-state index is 5.93. The molecule has 0 aliphatic carbocycles. The first kappa shape index (κ1) is 16.0. The monoisotopic (exact) mass is 382 g/mol. The molecular weight excluding hydrogens is 368 g/mol. The standard InChI is InChI=1S/C17H15ClN8O/c18-11-3-1-10(2-4-11)14-23-17(27-25-14)26-6-5-12(8-26)22-15-13-7-21-24-16(13)20-9-19-15/h1-4,7,9,12H,5-6,8H2,(H2,19,20,21,22,24)/t12-/m0/s1. The van der Waals surface area contributed by atoms with Gasteiger partial charge in [0.25, 0.3) is 0 Å². The van der Waals surface area contributed by atoms with Crippen molar-refractivity contribution in [2.75, 3.05) is 23.3 Å². The molecule has 4 heterocycles. The van der Waals surface area contributed by atoms with Gasteiger partial charge in [-0.15, -0.1) is 0 Å². The number of hydrogen-bond acceptors (Lipinski definition) is 8. The van der Waals surface area contributed by atoms with Gasteiger partial charge < -0.3 is 14.7 Å². The van der Waals surface area contributed by atoms with Crippen LogP contribution in [0.15, 0.2) is 41.3 Å². The lowest BCUT2D eigenvalue weighted by Crippen LogP contribution is -2.26. The third kappa shape index (κ3) is 3.06. The van der Waals surface area contributed by atoms with E-state index in [0.717, 1.165) is 36.3 Å². The number of rotatable bonds is 4. The molecule has 27 heavy (non-hydrogen) atoms. The smallest absolute Gasteiger partial charge is 0.324 e. The summed E-state index contributed by atoms with van der Waals surface area (Å²) in [4.78, 5) is 15.1. The third-order valence-corrected chi connectivity index (χ3v) is 4.82. The highest BCUT2D eigenvalue weighted by Crippen LogP contribution is 2.26. The van der Waals surface area contributed by atoms with Crippen molar-refractivity contribution in [2.45, 2.75) is 12.5 Å². The number of anilines is 2. The van der Waals surface area contributed by atoms with Crippen LogP contribution in [-0.2, 0) is 0 Å². The van der Waals surface area contributed by atoms with E-state index in [1.807, 2.05) is 12.1 Å². The van der Waals surface area contributed by atoms with Crippen molar-refractivity contribution < 1.29 is 4.52 Å². The number of nitrogens with zero attached hydrogens (tertiary/aromatic N) is 6. The number of fused-ring (bicyclic) bond motifs is 1. The average molecular weight is 383 g/mol. The molecule has 9 nitrogen and oxygen atoms in total. The topological polar surface area (TPSA) is 109 Å². The molecule has 4 aromatic rings. The Kier molecular flexibility index (Phi) is 3.86. The minimum Gasteiger partial charge on any atom is -0.365 e. The fourth-order valence-corrected chi connectivity index (χ4v) is 3.31. The van der Waals surface area contributed by atoms with Gasteiger partial charge in [-0.25, -0.2) is 9.97 Å². The van der Waals surface area contributed by atoms with E-state index >= 15 is 0 Å². The first-order chi connectivity index (χ1) is 13.3. The second-order valence-electron chi connectivity index (χ2n) is 6.34. The molecule has 0 spiro atoms. The SMILES string of the molecule is Clc1ccc(-c2noc(N3CC[C@H](Nc4ncnc5[nH]ncc45)C3)n2)cc1. The number of nitrogens with one attached hydrogen (secondary N) is 2. The van der Waals surface area contributed by atoms with Gasteiger partial charge >= 0.3 is 6.01 Å². The van der Waals surface area contributed by atoms with Crippen LogP contribution in [-0.4, -0.2) is 49.4 Å². The predicted octanol–water partition coefficient (Wildman–Crippen LogP) is 2.75. The molecule has 0 radical (unpaired) electrons. The minimum atomic E-state index is 0.212. The largest absolute Gasteiger partial charge is 0.365 e. The summed E-state index contributed by atoms with van der Waals surface area (Å²) in [5.74, 6) is 1.32. The van der Waals surface area contributed by atoms with Crippen molar-refractivity contribution in [3.8, 4) is 11.4 Å². The van der Waals surface area contributed by atoms with Crippen LogP contribution in [0.2, 0.25) is 5.02 Å². The molecule has 136 valence electrons. The Morgan fingerprint density at radius 2 is 2.11 bits per heavy atom. The predicted molar refractivity (Wildman–Crippen MR) is 101 cm³/mol. The summed E-state index contributed by atoms with van der Waals surface area (Å²) in [6.07, 6.45) is 4.18. The molecule has 1 aromatic carbocycles. The van der Waals surface area contributed by atoms with E-state index in [4.69, 9.17) is 16.1 Å². The van der Waals surface area contributed by atoms with E-state index < -0.39 is 0 Å². The molecule has 0 bridgehead atoms. The minimum absolute atomic E-state index is 0.212. The van der Waals surface area contributed by atoms with Crippen LogP contribution in [0.5, 0.6) is 0 Å². The third-order valence-electron chi connectivity index (χ3n) is 4.57. The molecule has 1 saturated heterocycles. The fourth-order valence-electron chi connectivity index (χ4n) is 3.19. The zero-order valence-electron chi connectivity index (χ0n) is 14.1. The molecule has 10 heteroatoms. The Labute approximate surface area is 158 Å². The first-order valence-corrected chi connectivity index (χ1v) is 8.89. The number of aromatic nitrogens is 6. The van der Waals surface area contributed by atoms with Crippen molar-refractivity contribution in [2.24, 2.45) is 0 Å². The number of H-pyrrole nitrogens is 1. The van der Waals surface area contributed by atoms with Gasteiger partial charge in [0.05, 0.1) is 11.6 Å². The van der Waals surface area contributed by atoms with E-state index in [-0.39, 0.29) is 6.04 Å². The van der Waals surface area contributed by atoms with Crippen LogP contribution in [0, 0.1) is 0 Å². The van der Waals surface area contributed by atoms with E-state index in [9.17, 15) is 0 Å². The highest BCUT2D eigenvalue weighted by atomic mass is 35.5. The van der Waals surface area contributed by atoms with Crippen LogP contribution < -0.4 is 10.2 Å². The molecule has 0 amide bonds. The molecule has 1 aliphatic heterocycles. The maximum atomic E-state index is 5.93. The summed E-state index contributed by atoms with van der Waals surface area (Å²) < 4.78 is 5.45. The normalized spacial score (nSPS) is 16.9. The Balaban J connectivity index is 1.30. The van der Waals surface area contributed by atoms with Crippen LogP contribution >= 0.6 is 11.6 Å². The van der Waals surface area contributed by atoms with Gasteiger partial charge in [-0.05, 0) is 30.7 Å². The molecule has 1 aliphatic rings. The lowest BCUT2D eigenvalue weighted by atomic mass is 10.2. The Morgan fingerprint density at radius 1 is 1.22 bits per heavy atom. The maximum Gasteiger partial charge on any atom is 0.324 e. The highest BCUT2D eigenvalue weighted by Gasteiger charge is 2.27. The number of halogens is 1. The first-order valence-electron chi connectivity index (χ1n) is 8.51. The Morgan fingerprint density at radius 3 is 3.00 bits per heavy atom. The zero-order chi connectivity index (χ0) is 18.2. The lowest BCUT2D eigenvalue weighted by Gasteiger charge is -2.15. The van der Waals surface area contributed by atoms with E-state index in [2.05, 4.69) is 40.5 Å². The van der Waals surface area contributed by atoms with Crippen LogP contribution in [0.3, 0.4) is 0 Å². The van der Waals surface area contributed by atoms with Crippen LogP contribution in [0.25, 0.3) is 22.4 Å². The second kappa shape index (κ2) is 6.51. The Hall–Kier alpha value is -3.20. The average Bonchev–Trinajstić information content (AvgIpc) is 3.43. The summed E-state index contributed by atoms with van der Waals surface area (Å²) >= 11 is 5.93. The van der Waals surface area contributed by atoms with Gasteiger partial charge in [0.15, 0.2) is 5.65 Å². The van der Waals surface area contributed by atoms with Crippen molar-refractivity contribution in [1.82, 2.24) is 30.3 Å². The van der Waals surface area contributed by atoms with E-state index in [1.165, 1.54) is 6.33 Å². The van der Waals surface area contributed by atoms with Crippen molar-refractivity contribution in [3.63, 3.8) is 0 Å². The number of hydrogen-bond donors (Lipinski definition) is 2. The van der Waals surface area contributed by atoms with Gasteiger partial charge in [-0.3, -0.25) is 5.10 Å². The van der Waals surface area contributed by atoms with Gasteiger partial charge in [0.2, 0.25) is 5.82 Å². The van der Waals surface area contributed by atoms with Crippen molar-refractivity contribution in [3.05, 3.63) is 41.8 Å². The zero-order valence-corrected chi connectivity index (χ0v) is 14.9. The quantitative estimate of drug-likeness (QED) is 0.554. The van der Waals surface area contributed by atoms with Crippen molar-refractivity contribution in [1.29, 1.82) is 0 Å². The van der Waals surface area contributed by atoms with Gasteiger partial charge in [0.1, 0.15) is 12.1 Å². The molecule has 0 saturated carbocycles. The fraction of sp³-hybridized carbons (Fsp3) is 0.235. The van der Waals surface area contributed by atoms with Crippen LogP contribution in [0.4, 0.5) is 11.8 Å². The van der Waals surface area contributed by atoms with Gasteiger partial charge in [-0.1, -0.05) is 16.8 Å². The number of aromatic amines is 1. The van der Waals surface area contributed by atoms with E-state index in [0.29, 0.717) is 22.5 Å². The summed E-state index contributed by atoms with van der Waals surface area (Å²) in [6, 6.07) is 8.08. The van der Waals surface area contributed by atoms with E-state index in [1.54, 1.807) is 18.3 Å².